The van der Waals surface area contributed by atoms with Gasteiger partial charge < -0.3 is 9.88 Å². The number of rotatable bonds is 6. The lowest BCUT2D eigenvalue weighted by Crippen LogP contribution is -2.20. The average molecular weight is 244 g/mol. The summed E-state index contributed by atoms with van der Waals surface area (Å²) < 4.78 is 24.8. The second kappa shape index (κ2) is 5.50. The Morgan fingerprint density at radius 1 is 1.50 bits per heavy atom. The Balaban J connectivity index is 2.72. The van der Waals surface area contributed by atoms with Crippen LogP contribution in [0.5, 0.6) is 0 Å². The average Bonchev–Trinajstić information content (AvgIpc) is 2.73. The molecule has 92 valence electrons. The Bertz CT molecular complexity index is 423. The van der Waals surface area contributed by atoms with E-state index in [0.717, 1.165) is 5.69 Å². The number of nitrogens with one attached hydrogen (secondary N) is 1. The summed E-state index contributed by atoms with van der Waals surface area (Å²) in [5.41, 5.74) is 1.12. The molecule has 1 aromatic rings. The molecule has 0 aromatic carbocycles. The van der Waals surface area contributed by atoms with Gasteiger partial charge in [0.1, 0.15) is 0 Å². The summed E-state index contributed by atoms with van der Waals surface area (Å²) in [5.74, 6) is 0.423. The van der Waals surface area contributed by atoms with Crippen LogP contribution in [0, 0.1) is 0 Å². The molecular formula is C11H20N2O2S. The van der Waals surface area contributed by atoms with Crippen LogP contribution in [0.2, 0.25) is 0 Å². The van der Waals surface area contributed by atoms with Gasteiger partial charge in [-0.25, -0.2) is 8.42 Å². The van der Waals surface area contributed by atoms with Crippen molar-refractivity contribution in [2.75, 3.05) is 18.6 Å². The van der Waals surface area contributed by atoms with Crippen LogP contribution in [0.15, 0.2) is 18.3 Å². The zero-order valence-corrected chi connectivity index (χ0v) is 10.9. The van der Waals surface area contributed by atoms with Crippen LogP contribution in [0.25, 0.3) is 0 Å². The molecule has 0 spiro atoms. The standard InChI is InChI=1S/C11H20N2O2S/c1-4-16(14,15)9-8-13-7-5-6-11(13)10(2)12-3/h5-7,10,12H,4,8-9H2,1-3H3. The lowest BCUT2D eigenvalue weighted by Gasteiger charge is -2.14. The molecule has 1 heterocycles. The van der Waals surface area contributed by atoms with E-state index in [1.165, 1.54) is 0 Å². The molecule has 0 amide bonds. The summed E-state index contributed by atoms with van der Waals surface area (Å²) >= 11 is 0. The summed E-state index contributed by atoms with van der Waals surface area (Å²) in [7, 11) is -0.992. The lowest BCUT2D eigenvalue weighted by molar-refractivity contribution is 0.567. The minimum atomic E-state index is -2.89. The molecule has 16 heavy (non-hydrogen) atoms. The lowest BCUT2D eigenvalue weighted by atomic mass is 10.2. The van der Waals surface area contributed by atoms with Gasteiger partial charge in [0.15, 0.2) is 9.84 Å². The first-order chi connectivity index (χ1) is 7.50. The second-order valence-corrected chi connectivity index (χ2v) is 6.35. The number of aryl methyl sites for hydroxylation is 1. The first-order valence-electron chi connectivity index (χ1n) is 5.53. The van der Waals surface area contributed by atoms with E-state index in [1.807, 2.05) is 29.9 Å². The van der Waals surface area contributed by atoms with Crippen LogP contribution in [0.1, 0.15) is 25.6 Å². The third-order valence-electron chi connectivity index (χ3n) is 2.82. The fourth-order valence-electron chi connectivity index (χ4n) is 1.55. The predicted octanol–water partition coefficient (Wildman–Crippen LogP) is 1.20. The van der Waals surface area contributed by atoms with E-state index >= 15 is 0 Å². The van der Waals surface area contributed by atoms with Crippen molar-refractivity contribution in [2.45, 2.75) is 26.4 Å². The number of hydrogen-bond donors (Lipinski definition) is 1. The van der Waals surface area contributed by atoms with E-state index in [1.54, 1.807) is 6.92 Å². The Morgan fingerprint density at radius 3 is 2.75 bits per heavy atom. The molecule has 0 bridgehead atoms. The molecule has 0 radical (unpaired) electrons. The van der Waals surface area contributed by atoms with Crippen molar-refractivity contribution < 1.29 is 8.42 Å². The Kier molecular flexibility index (Phi) is 4.56. The van der Waals surface area contributed by atoms with E-state index in [-0.39, 0.29) is 17.5 Å². The maximum atomic E-state index is 11.4. The van der Waals surface area contributed by atoms with Crippen molar-refractivity contribution in [3.8, 4) is 0 Å². The quantitative estimate of drug-likeness (QED) is 0.818. The van der Waals surface area contributed by atoms with Gasteiger partial charge >= 0.3 is 0 Å². The van der Waals surface area contributed by atoms with Gasteiger partial charge in [-0.2, -0.15) is 0 Å². The van der Waals surface area contributed by atoms with Crippen LogP contribution in [0.4, 0.5) is 0 Å². The Labute approximate surface area is 97.6 Å². The van der Waals surface area contributed by atoms with Crippen molar-refractivity contribution in [2.24, 2.45) is 0 Å². The molecule has 0 aliphatic carbocycles. The molecule has 0 saturated carbocycles. The molecular weight excluding hydrogens is 224 g/mol. The molecule has 0 saturated heterocycles. The number of nitrogens with zero attached hydrogens (tertiary/aromatic N) is 1. The molecule has 0 aliphatic rings. The summed E-state index contributed by atoms with van der Waals surface area (Å²) in [4.78, 5) is 0. The fourth-order valence-corrected chi connectivity index (χ4v) is 2.32. The van der Waals surface area contributed by atoms with Crippen molar-refractivity contribution in [3.05, 3.63) is 24.0 Å². The third kappa shape index (κ3) is 3.35. The Hall–Kier alpha value is -0.810. The highest BCUT2D eigenvalue weighted by Crippen LogP contribution is 2.12. The molecule has 0 fully saturated rings. The smallest absolute Gasteiger partial charge is 0.151 e. The zero-order valence-electron chi connectivity index (χ0n) is 10.1. The molecule has 0 aliphatic heterocycles. The van der Waals surface area contributed by atoms with Crippen molar-refractivity contribution in [3.63, 3.8) is 0 Å². The summed E-state index contributed by atoms with van der Waals surface area (Å²) in [6.07, 6.45) is 1.92. The highest BCUT2D eigenvalue weighted by molar-refractivity contribution is 7.91. The van der Waals surface area contributed by atoms with Gasteiger partial charge in [0, 0.05) is 30.2 Å². The fraction of sp³-hybridized carbons (Fsp3) is 0.636. The SMILES string of the molecule is CCS(=O)(=O)CCn1cccc1C(C)NC. The van der Waals surface area contributed by atoms with Crippen molar-refractivity contribution in [1.29, 1.82) is 0 Å². The van der Waals surface area contributed by atoms with Crippen LogP contribution >= 0.6 is 0 Å². The maximum absolute atomic E-state index is 11.4. The molecule has 4 nitrogen and oxygen atoms in total. The minimum Gasteiger partial charge on any atom is -0.349 e. The third-order valence-corrected chi connectivity index (χ3v) is 4.51. The molecule has 1 atom stereocenters. The molecule has 1 rings (SSSR count). The van der Waals surface area contributed by atoms with Crippen molar-refractivity contribution in [1.82, 2.24) is 9.88 Å². The summed E-state index contributed by atoms with van der Waals surface area (Å²) in [6.45, 7) is 4.27. The van der Waals surface area contributed by atoms with Crippen LogP contribution in [-0.4, -0.2) is 31.5 Å². The van der Waals surface area contributed by atoms with Gasteiger partial charge in [-0.15, -0.1) is 0 Å². The van der Waals surface area contributed by atoms with E-state index in [4.69, 9.17) is 0 Å². The van der Waals surface area contributed by atoms with E-state index < -0.39 is 9.84 Å². The second-order valence-electron chi connectivity index (χ2n) is 3.87. The molecule has 1 aromatic heterocycles. The molecule has 1 N–H and O–H groups in total. The zero-order chi connectivity index (χ0) is 12.2. The topological polar surface area (TPSA) is 51.1 Å². The van der Waals surface area contributed by atoms with Gasteiger partial charge in [-0.1, -0.05) is 6.92 Å². The van der Waals surface area contributed by atoms with Crippen LogP contribution in [0.3, 0.4) is 0 Å². The summed E-state index contributed by atoms with van der Waals surface area (Å²) in [5, 5.41) is 3.15. The Morgan fingerprint density at radius 2 is 2.19 bits per heavy atom. The molecule has 1 unspecified atom stereocenters. The van der Waals surface area contributed by atoms with Gasteiger partial charge in [0.2, 0.25) is 0 Å². The van der Waals surface area contributed by atoms with E-state index in [9.17, 15) is 8.42 Å². The number of aromatic nitrogens is 1. The number of sulfone groups is 1. The van der Waals surface area contributed by atoms with E-state index in [0.29, 0.717) is 6.54 Å². The minimum absolute atomic E-state index is 0.210. The van der Waals surface area contributed by atoms with Crippen molar-refractivity contribution >= 4 is 9.84 Å². The first-order valence-corrected chi connectivity index (χ1v) is 7.35. The van der Waals surface area contributed by atoms with Gasteiger partial charge in [0.05, 0.1) is 5.75 Å². The number of hydrogen-bond acceptors (Lipinski definition) is 3. The van der Waals surface area contributed by atoms with Crippen LogP contribution in [-0.2, 0) is 16.4 Å². The van der Waals surface area contributed by atoms with E-state index in [2.05, 4.69) is 12.2 Å². The monoisotopic (exact) mass is 244 g/mol. The normalized spacial score (nSPS) is 13.9. The molecule has 5 heteroatoms. The first kappa shape index (κ1) is 13.3. The highest BCUT2D eigenvalue weighted by atomic mass is 32.2. The van der Waals surface area contributed by atoms with Gasteiger partial charge in [-0.3, -0.25) is 0 Å². The maximum Gasteiger partial charge on any atom is 0.151 e. The predicted molar refractivity (Wildman–Crippen MR) is 66.2 cm³/mol. The van der Waals surface area contributed by atoms with Gasteiger partial charge in [-0.05, 0) is 26.1 Å². The van der Waals surface area contributed by atoms with Crippen LogP contribution < -0.4 is 5.32 Å². The largest absolute Gasteiger partial charge is 0.349 e. The van der Waals surface area contributed by atoms with Gasteiger partial charge in [0.25, 0.3) is 0 Å². The summed E-state index contributed by atoms with van der Waals surface area (Å²) in [6, 6.07) is 4.20. The highest BCUT2D eigenvalue weighted by Gasteiger charge is 2.11.